The van der Waals surface area contributed by atoms with Crippen LogP contribution in [0.3, 0.4) is 0 Å². The fraction of sp³-hybridized carbons (Fsp3) is 0.0714. The summed E-state index contributed by atoms with van der Waals surface area (Å²) in [5, 5.41) is 11.6. The van der Waals surface area contributed by atoms with Crippen LogP contribution in [0, 0.1) is 0 Å². The summed E-state index contributed by atoms with van der Waals surface area (Å²) in [6.45, 7) is 0. The molecule has 0 amide bonds. The Hall–Kier alpha value is -1.89. The summed E-state index contributed by atoms with van der Waals surface area (Å²) < 4.78 is 0. The van der Waals surface area contributed by atoms with Gasteiger partial charge in [-0.2, -0.15) is 0 Å². The monoisotopic (exact) mass is 354 g/mol. The molecule has 0 unspecified atom stereocenters. The number of H-pyrrole nitrogens is 1. The molecule has 0 atom stereocenters. The molecule has 0 aliphatic heterocycles. The van der Waals surface area contributed by atoms with Crippen molar-refractivity contribution in [2.75, 3.05) is 0 Å². The van der Waals surface area contributed by atoms with Gasteiger partial charge >= 0.3 is 5.97 Å². The van der Waals surface area contributed by atoms with Gasteiger partial charge in [0.25, 0.3) is 5.56 Å². The van der Waals surface area contributed by atoms with Crippen LogP contribution in [0.15, 0.2) is 28.4 Å². The quantitative estimate of drug-likeness (QED) is 0.752. The Morgan fingerprint density at radius 1 is 1.36 bits per heavy atom. The highest BCUT2D eigenvalue weighted by Crippen LogP contribution is 2.24. The second-order valence-corrected chi connectivity index (χ2v) is 6.26. The van der Waals surface area contributed by atoms with E-state index in [9.17, 15) is 9.59 Å². The number of rotatable bonds is 3. The lowest BCUT2D eigenvalue weighted by atomic mass is 10.1. The molecule has 2 N–H and O–H groups in total. The molecular weight excluding hydrogens is 347 g/mol. The van der Waals surface area contributed by atoms with E-state index in [0.29, 0.717) is 27.1 Å². The number of nitrogens with zero attached hydrogens (tertiary/aromatic N) is 1. The van der Waals surface area contributed by atoms with Crippen LogP contribution in [-0.4, -0.2) is 21.0 Å². The van der Waals surface area contributed by atoms with Gasteiger partial charge in [-0.25, -0.2) is 9.78 Å². The van der Waals surface area contributed by atoms with Gasteiger partial charge in [0.2, 0.25) is 0 Å². The van der Waals surface area contributed by atoms with Crippen LogP contribution in [-0.2, 0) is 6.42 Å². The Balaban J connectivity index is 2.06. The highest BCUT2D eigenvalue weighted by Gasteiger charge is 2.16. The summed E-state index contributed by atoms with van der Waals surface area (Å²) in [5.41, 5.74) is 0.261. The Morgan fingerprint density at radius 2 is 2.14 bits per heavy atom. The van der Waals surface area contributed by atoms with E-state index >= 15 is 0 Å². The highest BCUT2D eigenvalue weighted by atomic mass is 35.5. The zero-order valence-electron chi connectivity index (χ0n) is 10.9. The van der Waals surface area contributed by atoms with Crippen LogP contribution in [0.25, 0.3) is 10.2 Å². The lowest BCUT2D eigenvalue weighted by Crippen LogP contribution is -2.13. The number of aromatic nitrogens is 2. The van der Waals surface area contributed by atoms with Gasteiger partial charge in [-0.05, 0) is 17.7 Å². The maximum Gasteiger partial charge on any atom is 0.337 e. The first-order chi connectivity index (χ1) is 10.5. The molecule has 0 saturated carbocycles. The van der Waals surface area contributed by atoms with Crippen molar-refractivity contribution in [1.29, 1.82) is 0 Å². The predicted molar refractivity (Wildman–Crippen MR) is 86.5 cm³/mol. The predicted octanol–water partition coefficient (Wildman–Crippen LogP) is 3.58. The molecular formula is C14H8Cl2N2O3S. The molecule has 0 bridgehead atoms. The number of hydrogen-bond acceptors (Lipinski definition) is 4. The number of aromatic carboxylic acids is 1. The summed E-state index contributed by atoms with van der Waals surface area (Å²) in [7, 11) is 0. The SMILES string of the molecule is O=C(O)c1csc2nc(Cc3ccc(Cl)cc3Cl)[nH]c(=O)c12. The average molecular weight is 355 g/mol. The van der Waals surface area contributed by atoms with E-state index in [4.69, 9.17) is 28.3 Å². The molecule has 0 aliphatic rings. The molecule has 3 aromatic rings. The number of nitrogens with one attached hydrogen (secondary N) is 1. The normalized spacial score (nSPS) is 11.0. The topological polar surface area (TPSA) is 83.0 Å². The van der Waals surface area contributed by atoms with Crippen molar-refractivity contribution in [3.05, 3.63) is 60.9 Å². The molecule has 1 aromatic carbocycles. The molecule has 3 rings (SSSR count). The molecule has 2 aromatic heterocycles. The number of fused-ring (bicyclic) bond motifs is 1. The van der Waals surface area contributed by atoms with Crippen molar-refractivity contribution >= 4 is 50.7 Å². The van der Waals surface area contributed by atoms with E-state index in [2.05, 4.69) is 9.97 Å². The number of carbonyl (C=O) groups is 1. The number of thiophene rings is 1. The third-order valence-corrected chi connectivity index (χ3v) is 4.56. The van der Waals surface area contributed by atoms with Gasteiger partial charge < -0.3 is 10.1 Å². The summed E-state index contributed by atoms with van der Waals surface area (Å²) in [5.74, 6) is -0.729. The molecule has 22 heavy (non-hydrogen) atoms. The van der Waals surface area contributed by atoms with E-state index < -0.39 is 11.5 Å². The van der Waals surface area contributed by atoms with Crippen LogP contribution >= 0.6 is 34.5 Å². The first-order valence-electron chi connectivity index (χ1n) is 6.13. The Morgan fingerprint density at radius 3 is 2.82 bits per heavy atom. The maximum absolute atomic E-state index is 12.1. The van der Waals surface area contributed by atoms with Crippen LogP contribution < -0.4 is 5.56 Å². The van der Waals surface area contributed by atoms with Crippen molar-refractivity contribution in [2.24, 2.45) is 0 Å². The number of halogens is 2. The van der Waals surface area contributed by atoms with Crippen molar-refractivity contribution < 1.29 is 9.90 Å². The second kappa shape index (κ2) is 5.72. The number of benzene rings is 1. The zero-order chi connectivity index (χ0) is 15.9. The Kier molecular flexibility index (Phi) is 3.90. The van der Waals surface area contributed by atoms with E-state index in [0.717, 1.165) is 16.9 Å². The molecule has 5 nitrogen and oxygen atoms in total. The van der Waals surface area contributed by atoms with Crippen LogP contribution in [0.5, 0.6) is 0 Å². The minimum Gasteiger partial charge on any atom is -0.478 e. The number of aromatic amines is 1. The molecule has 0 saturated heterocycles. The Labute approximate surface area is 138 Å². The van der Waals surface area contributed by atoms with E-state index in [1.165, 1.54) is 5.38 Å². The van der Waals surface area contributed by atoms with Gasteiger partial charge in [-0.1, -0.05) is 29.3 Å². The highest BCUT2D eigenvalue weighted by molar-refractivity contribution is 7.17. The summed E-state index contributed by atoms with van der Waals surface area (Å²) in [6, 6.07) is 5.07. The molecule has 2 heterocycles. The minimum atomic E-state index is -1.15. The van der Waals surface area contributed by atoms with Gasteiger partial charge in [0.05, 0.1) is 10.9 Å². The molecule has 112 valence electrons. The third-order valence-electron chi connectivity index (χ3n) is 3.10. The molecule has 0 fully saturated rings. The number of carboxylic acid groups (broad SMARTS) is 1. The number of hydrogen-bond donors (Lipinski definition) is 2. The average Bonchev–Trinajstić information content (AvgIpc) is 2.86. The zero-order valence-corrected chi connectivity index (χ0v) is 13.2. The standard InChI is InChI=1S/C14H8Cl2N2O3S/c15-7-2-1-6(9(16)4-7)3-10-17-12(19)11-8(14(20)21)5-22-13(11)18-10/h1-2,4-5H,3H2,(H,20,21)(H,17,18,19). The maximum atomic E-state index is 12.1. The first-order valence-corrected chi connectivity index (χ1v) is 7.77. The second-order valence-electron chi connectivity index (χ2n) is 4.56. The van der Waals surface area contributed by atoms with Crippen LogP contribution in [0.2, 0.25) is 10.0 Å². The van der Waals surface area contributed by atoms with Crippen LogP contribution in [0.1, 0.15) is 21.7 Å². The van der Waals surface area contributed by atoms with Gasteiger partial charge in [-0.3, -0.25) is 4.79 Å². The third kappa shape index (κ3) is 2.72. The van der Waals surface area contributed by atoms with Gasteiger partial charge in [0, 0.05) is 21.8 Å². The molecule has 0 aliphatic carbocycles. The fourth-order valence-corrected chi connectivity index (χ4v) is 3.49. The molecule has 0 radical (unpaired) electrons. The van der Waals surface area contributed by atoms with Crippen molar-refractivity contribution in [1.82, 2.24) is 9.97 Å². The largest absolute Gasteiger partial charge is 0.478 e. The van der Waals surface area contributed by atoms with E-state index in [-0.39, 0.29) is 10.9 Å². The summed E-state index contributed by atoms with van der Waals surface area (Å²) in [4.78, 5) is 30.5. The van der Waals surface area contributed by atoms with Gasteiger partial charge in [0.1, 0.15) is 10.7 Å². The number of carboxylic acids is 1. The smallest absolute Gasteiger partial charge is 0.337 e. The summed E-state index contributed by atoms with van der Waals surface area (Å²) >= 11 is 13.1. The van der Waals surface area contributed by atoms with Crippen molar-refractivity contribution in [3.8, 4) is 0 Å². The first kappa shape index (κ1) is 15.0. The Bertz CT molecular complexity index is 949. The molecule has 8 heteroatoms. The minimum absolute atomic E-state index is 0.0372. The van der Waals surface area contributed by atoms with Crippen LogP contribution in [0.4, 0.5) is 0 Å². The van der Waals surface area contributed by atoms with Gasteiger partial charge in [-0.15, -0.1) is 11.3 Å². The van der Waals surface area contributed by atoms with E-state index in [1.807, 2.05) is 0 Å². The lowest BCUT2D eigenvalue weighted by molar-refractivity contribution is 0.0699. The fourth-order valence-electron chi connectivity index (χ4n) is 2.08. The summed E-state index contributed by atoms with van der Waals surface area (Å²) in [6.07, 6.45) is 0.321. The lowest BCUT2D eigenvalue weighted by Gasteiger charge is -2.04. The van der Waals surface area contributed by atoms with Crippen molar-refractivity contribution in [3.63, 3.8) is 0 Å². The molecule has 0 spiro atoms. The van der Waals surface area contributed by atoms with Gasteiger partial charge in [0.15, 0.2) is 0 Å². The van der Waals surface area contributed by atoms with E-state index in [1.54, 1.807) is 18.2 Å². The van der Waals surface area contributed by atoms with Crippen molar-refractivity contribution in [2.45, 2.75) is 6.42 Å².